The van der Waals surface area contributed by atoms with Crippen molar-refractivity contribution in [3.8, 4) is 5.75 Å². The van der Waals surface area contributed by atoms with Crippen molar-refractivity contribution in [1.82, 2.24) is 15.2 Å². The van der Waals surface area contributed by atoms with E-state index in [0.717, 1.165) is 6.42 Å². The Bertz CT molecular complexity index is 836. The lowest BCUT2D eigenvalue weighted by Crippen LogP contribution is -2.24. The van der Waals surface area contributed by atoms with Crippen LogP contribution >= 0.6 is 23.2 Å². The van der Waals surface area contributed by atoms with E-state index in [2.05, 4.69) is 25.7 Å². The van der Waals surface area contributed by atoms with Crippen LogP contribution in [0.2, 0.25) is 10.0 Å². The Hall–Kier alpha value is -2.12. The van der Waals surface area contributed by atoms with E-state index in [0.29, 0.717) is 33.7 Å². The second-order valence-electron chi connectivity index (χ2n) is 6.62. The molecule has 0 bridgehead atoms. The number of anilines is 1. The molecular formula is C17H21Cl2N5O2. The van der Waals surface area contributed by atoms with E-state index >= 15 is 0 Å². The van der Waals surface area contributed by atoms with Crippen LogP contribution in [0.4, 0.5) is 5.82 Å². The first-order chi connectivity index (χ1) is 12.2. The maximum Gasteiger partial charge on any atom is 0.363 e. The predicted octanol–water partition coefficient (Wildman–Crippen LogP) is 4.00. The van der Waals surface area contributed by atoms with Gasteiger partial charge in [-0.2, -0.15) is 15.2 Å². The molecule has 0 amide bonds. The Balaban J connectivity index is 2.22. The van der Waals surface area contributed by atoms with Crippen molar-refractivity contribution >= 4 is 35.2 Å². The topological polar surface area (TPSA) is 92.3 Å². The number of rotatable bonds is 6. The fraction of sp³-hybridized carbons (Fsp3) is 0.412. The third-order valence-corrected chi connectivity index (χ3v) is 3.83. The molecule has 0 unspecified atom stereocenters. The zero-order valence-electron chi connectivity index (χ0n) is 15.1. The van der Waals surface area contributed by atoms with Crippen LogP contribution in [-0.2, 0) is 5.41 Å². The molecule has 1 aromatic heterocycles. The van der Waals surface area contributed by atoms with Gasteiger partial charge in [0.25, 0.3) is 0 Å². The van der Waals surface area contributed by atoms with Crippen molar-refractivity contribution in [2.24, 2.45) is 5.10 Å². The van der Waals surface area contributed by atoms with Crippen LogP contribution in [0.15, 0.2) is 22.0 Å². The summed E-state index contributed by atoms with van der Waals surface area (Å²) in [5.41, 5.74) is 3.14. The first-order valence-electron chi connectivity index (χ1n) is 8.10. The Morgan fingerprint density at radius 2 is 1.96 bits per heavy atom. The first kappa shape index (κ1) is 20.2. The molecule has 140 valence electrons. The quantitative estimate of drug-likeness (QED) is 0.567. The van der Waals surface area contributed by atoms with E-state index in [1.165, 1.54) is 6.21 Å². The van der Waals surface area contributed by atoms with E-state index in [1.54, 1.807) is 12.1 Å². The van der Waals surface area contributed by atoms with Gasteiger partial charge in [-0.25, -0.2) is 9.89 Å². The van der Waals surface area contributed by atoms with Gasteiger partial charge in [0.1, 0.15) is 5.69 Å². The molecular weight excluding hydrogens is 377 g/mol. The molecule has 0 aliphatic heterocycles. The van der Waals surface area contributed by atoms with Gasteiger partial charge in [0.05, 0.1) is 22.9 Å². The van der Waals surface area contributed by atoms with Gasteiger partial charge in [-0.1, -0.05) is 50.9 Å². The SMILES string of the molecule is CCCOc1c(Cl)cc(/C=N/Nc2nc(=O)[nH]nc2C(C)(C)C)cc1Cl. The molecule has 2 N–H and O–H groups in total. The van der Waals surface area contributed by atoms with Crippen LogP contribution in [0.25, 0.3) is 0 Å². The third kappa shape index (κ3) is 5.19. The van der Waals surface area contributed by atoms with Crippen molar-refractivity contribution in [2.75, 3.05) is 12.0 Å². The summed E-state index contributed by atoms with van der Waals surface area (Å²) in [5, 5.41) is 11.3. The first-order valence-corrected chi connectivity index (χ1v) is 8.86. The van der Waals surface area contributed by atoms with Crippen LogP contribution < -0.4 is 15.9 Å². The molecule has 2 aromatic rings. The predicted molar refractivity (Wildman–Crippen MR) is 105 cm³/mol. The smallest absolute Gasteiger partial charge is 0.363 e. The maximum atomic E-state index is 11.4. The highest BCUT2D eigenvalue weighted by molar-refractivity contribution is 6.37. The van der Waals surface area contributed by atoms with Crippen LogP contribution in [-0.4, -0.2) is 28.0 Å². The number of ether oxygens (including phenoxy) is 1. The Morgan fingerprint density at radius 1 is 1.31 bits per heavy atom. The summed E-state index contributed by atoms with van der Waals surface area (Å²) in [4.78, 5) is 15.3. The summed E-state index contributed by atoms with van der Waals surface area (Å²) in [6, 6.07) is 3.38. The van der Waals surface area contributed by atoms with Gasteiger partial charge in [0.15, 0.2) is 11.6 Å². The van der Waals surface area contributed by atoms with Gasteiger partial charge in [0.2, 0.25) is 0 Å². The molecule has 26 heavy (non-hydrogen) atoms. The summed E-state index contributed by atoms with van der Waals surface area (Å²) in [6.07, 6.45) is 2.38. The number of nitrogens with one attached hydrogen (secondary N) is 2. The monoisotopic (exact) mass is 397 g/mol. The largest absolute Gasteiger partial charge is 0.490 e. The summed E-state index contributed by atoms with van der Waals surface area (Å²) in [6.45, 7) is 8.40. The van der Waals surface area contributed by atoms with Gasteiger partial charge in [-0.15, -0.1) is 0 Å². The summed E-state index contributed by atoms with van der Waals surface area (Å²) < 4.78 is 5.53. The molecule has 0 radical (unpaired) electrons. The molecule has 2 rings (SSSR count). The molecule has 1 aromatic carbocycles. The fourth-order valence-electron chi connectivity index (χ4n) is 2.10. The molecule has 0 atom stereocenters. The molecule has 0 spiro atoms. The molecule has 0 fully saturated rings. The zero-order chi connectivity index (χ0) is 19.3. The van der Waals surface area contributed by atoms with Crippen LogP contribution in [0, 0.1) is 0 Å². The standard InChI is InChI=1S/C17H21Cl2N5O2/c1-5-6-26-13-11(18)7-10(8-12(13)19)9-20-23-15-14(17(2,3)4)22-24-16(25)21-15/h7-9H,5-6H2,1-4H3,(H2,21,23,24,25)/b20-9+. The van der Waals surface area contributed by atoms with Crippen molar-refractivity contribution in [1.29, 1.82) is 0 Å². The summed E-state index contributed by atoms with van der Waals surface area (Å²) in [5.74, 6) is 0.744. The number of benzene rings is 1. The summed E-state index contributed by atoms with van der Waals surface area (Å²) in [7, 11) is 0. The molecule has 1 heterocycles. The van der Waals surface area contributed by atoms with E-state index in [9.17, 15) is 4.79 Å². The highest BCUT2D eigenvalue weighted by Gasteiger charge is 2.21. The molecule has 0 aliphatic rings. The number of nitrogens with zero attached hydrogens (tertiary/aromatic N) is 3. The lowest BCUT2D eigenvalue weighted by Gasteiger charge is -2.18. The van der Waals surface area contributed by atoms with Crippen molar-refractivity contribution < 1.29 is 4.74 Å². The Labute approximate surface area is 161 Å². The van der Waals surface area contributed by atoms with Gasteiger partial charge in [-0.05, 0) is 24.1 Å². The molecule has 7 nitrogen and oxygen atoms in total. The average Bonchev–Trinajstić information content (AvgIpc) is 2.53. The van der Waals surface area contributed by atoms with Crippen LogP contribution in [0.5, 0.6) is 5.75 Å². The molecule has 0 aliphatic carbocycles. The number of hydrazone groups is 1. The lowest BCUT2D eigenvalue weighted by atomic mass is 9.92. The zero-order valence-corrected chi connectivity index (χ0v) is 16.6. The Morgan fingerprint density at radius 3 is 2.54 bits per heavy atom. The average molecular weight is 398 g/mol. The van der Waals surface area contributed by atoms with E-state index < -0.39 is 5.69 Å². The third-order valence-electron chi connectivity index (χ3n) is 3.27. The van der Waals surface area contributed by atoms with Crippen molar-refractivity contribution in [3.63, 3.8) is 0 Å². The van der Waals surface area contributed by atoms with Gasteiger partial charge in [-0.3, -0.25) is 5.43 Å². The molecule has 0 saturated carbocycles. The van der Waals surface area contributed by atoms with E-state index in [4.69, 9.17) is 27.9 Å². The molecule has 9 heteroatoms. The number of hydrogen-bond acceptors (Lipinski definition) is 6. The minimum atomic E-state index is -0.556. The summed E-state index contributed by atoms with van der Waals surface area (Å²) >= 11 is 12.4. The second kappa shape index (κ2) is 8.51. The molecule has 0 saturated heterocycles. The number of H-pyrrole nitrogens is 1. The maximum absolute atomic E-state index is 11.4. The van der Waals surface area contributed by atoms with Crippen LogP contribution in [0.3, 0.4) is 0 Å². The van der Waals surface area contributed by atoms with Gasteiger partial charge >= 0.3 is 5.69 Å². The van der Waals surface area contributed by atoms with Crippen LogP contribution in [0.1, 0.15) is 45.4 Å². The van der Waals surface area contributed by atoms with Gasteiger partial charge in [0, 0.05) is 5.41 Å². The fourth-order valence-corrected chi connectivity index (χ4v) is 2.71. The van der Waals surface area contributed by atoms with E-state index in [-0.39, 0.29) is 11.2 Å². The minimum absolute atomic E-state index is 0.289. The highest BCUT2D eigenvalue weighted by atomic mass is 35.5. The van der Waals surface area contributed by atoms with Crippen molar-refractivity contribution in [2.45, 2.75) is 39.5 Å². The second-order valence-corrected chi connectivity index (χ2v) is 7.43. The Kier molecular flexibility index (Phi) is 6.61. The van der Waals surface area contributed by atoms with E-state index in [1.807, 2.05) is 27.7 Å². The number of hydrogen-bond donors (Lipinski definition) is 2. The number of halogens is 2. The minimum Gasteiger partial charge on any atom is -0.490 e. The van der Waals surface area contributed by atoms with Gasteiger partial charge < -0.3 is 4.74 Å². The highest BCUT2D eigenvalue weighted by Crippen LogP contribution is 2.34. The van der Waals surface area contributed by atoms with Crippen molar-refractivity contribution in [3.05, 3.63) is 43.9 Å². The lowest BCUT2D eigenvalue weighted by molar-refractivity contribution is 0.318. The number of aromatic nitrogens is 3. The number of aromatic amines is 1. The normalized spacial score (nSPS) is 11.8.